The predicted octanol–water partition coefficient (Wildman–Crippen LogP) is 4.79. The average Bonchev–Trinajstić information content (AvgIpc) is 3.08. The molecule has 1 aliphatic heterocycles. The Labute approximate surface area is 191 Å². The van der Waals surface area contributed by atoms with Crippen molar-refractivity contribution in [2.75, 3.05) is 33.3 Å². The van der Waals surface area contributed by atoms with Crippen molar-refractivity contribution in [2.24, 2.45) is 5.41 Å². The van der Waals surface area contributed by atoms with Gasteiger partial charge in [-0.1, -0.05) is 40.0 Å². The molecule has 1 aromatic heterocycles. The molecule has 0 spiro atoms. The van der Waals surface area contributed by atoms with E-state index in [9.17, 15) is 9.59 Å². The molecule has 1 saturated heterocycles. The lowest BCUT2D eigenvalue weighted by Crippen LogP contribution is -2.53. The van der Waals surface area contributed by atoms with Crippen molar-refractivity contribution in [3.63, 3.8) is 0 Å². The molecule has 174 valence electrons. The number of carbonyl (C=O) groups excluding carboxylic acids is 2. The molecular weight excluding hydrogens is 402 g/mol. The fraction of sp³-hybridized carbons (Fsp3) is 0.615. The number of piperazine rings is 1. The Balaban J connectivity index is 1.65. The summed E-state index contributed by atoms with van der Waals surface area (Å²) in [6.07, 6.45) is 6.11. The highest BCUT2D eigenvalue weighted by Gasteiger charge is 2.33. The quantitative estimate of drug-likeness (QED) is 0.691. The van der Waals surface area contributed by atoms with Gasteiger partial charge in [-0.05, 0) is 38.0 Å². The van der Waals surface area contributed by atoms with E-state index < -0.39 is 5.41 Å². The lowest BCUT2D eigenvalue weighted by Gasteiger charge is -2.37. The molecule has 0 N–H and O–H groups in total. The first-order valence-electron chi connectivity index (χ1n) is 12.0. The summed E-state index contributed by atoms with van der Waals surface area (Å²) in [5, 5.41) is 0.977. The number of nitrogens with zero attached hydrogens (tertiary/aromatic N) is 3. The van der Waals surface area contributed by atoms with E-state index in [4.69, 9.17) is 4.74 Å². The van der Waals surface area contributed by atoms with Crippen molar-refractivity contribution in [2.45, 2.75) is 65.8 Å². The summed E-state index contributed by atoms with van der Waals surface area (Å²) in [5.41, 5.74) is 2.57. The lowest BCUT2D eigenvalue weighted by molar-refractivity contribution is -0.140. The second kappa shape index (κ2) is 8.80. The maximum absolute atomic E-state index is 13.8. The van der Waals surface area contributed by atoms with Gasteiger partial charge in [-0.15, -0.1) is 0 Å². The number of benzene rings is 1. The van der Waals surface area contributed by atoms with Crippen LogP contribution in [0.15, 0.2) is 18.2 Å². The van der Waals surface area contributed by atoms with Crippen molar-refractivity contribution in [1.29, 1.82) is 0 Å². The third-order valence-corrected chi connectivity index (χ3v) is 7.11. The monoisotopic (exact) mass is 439 g/mol. The molecule has 0 unspecified atom stereocenters. The van der Waals surface area contributed by atoms with Gasteiger partial charge in [0.05, 0.1) is 12.7 Å². The minimum atomic E-state index is -0.396. The minimum Gasteiger partial charge on any atom is -0.497 e. The van der Waals surface area contributed by atoms with Gasteiger partial charge in [0.15, 0.2) is 0 Å². The number of methoxy groups -OCH3 is 1. The van der Waals surface area contributed by atoms with Gasteiger partial charge in [0.2, 0.25) is 5.91 Å². The Bertz CT molecular complexity index is 1000. The van der Waals surface area contributed by atoms with E-state index in [0.29, 0.717) is 32.2 Å². The molecule has 1 aliphatic carbocycles. The maximum Gasteiger partial charge on any atom is 0.256 e. The zero-order chi connectivity index (χ0) is 23.0. The van der Waals surface area contributed by atoms with Crippen molar-refractivity contribution in [3.8, 4) is 5.75 Å². The number of aromatic nitrogens is 1. The van der Waals surface area contributed by atoms with Gasteiger partial charge in [-0.2, -0.15) is 0 Å². The highest BCUT2D eigenvalue weighted by molar-refractivity contribution is 6.09. The standard InChI is InChI=1S/C26H37N3O3/c1-18-23(24(30)27-13-15-28(16-14-27)25(31)26(2,3)4)21-17-20(32-5)11-12-22(21)29(18)19-9-7-6-8-10-19/h11-12,17,19H,6-10,13-16H2,1-5H3. The second-order valence-electron chi connectivity index (χ2n) is 10.3. The van der Waals surface area contributed by atoms with Crippen LogP contribution in [-0.2, 0) is 4.79 Å². The van der Waals surface area contributed by atoms with Crippen LogP contribution in [0.4, 0.5) is 0 Å². The van der Waals surface area contributed by atoms with E-state index >= 15 is 0 Å². The first-order chi connectivity index (χ1) is 15.2. The zero-order valence-corrected chi connectivity index (χ0v) is 20.2. The second-order valence-corrected chi connectivity index (χ2v) is 10.3. The number of carbonyl (C=O) groups is 2. The van der Waals surface area contributed by atoms with Crippen molar-refractivity contribution in [3.05, 3.63) is 29.5 Å². The van der Waals surface area contributed by atoms with Gasteiger partial charge in [0, 0.05) is 54.2 Å². The van der Waals surface area contributed by atoms with Crippen LogP contribution in [0.25, 0.3) is 10.9 Å². The molecule has 0 radical (unpaired) electrons. The van der Waals surface area contributed by atoms with Gasteiger partial charge in [0.25, 0.3) is 5.91 Å². The van der Waals surface area contributed by atoms with E-state index in [2.05, 4.69) is 17.6 Å². The summed E-state index contributed by atoms with van der Waals surface area (Å²) in [6.45, 7) is 10.3. The number of rotatable bonds is 3. The van der Waals surface area contributed by atoms with Crippen LogP contribution in [-0.4, -0.2) is 59.5 Å². The Morgan fingerprint density at radius 1 is 0.969 bits per heavy atom. The molecule has 1 aromatic carbocycles. The average molecular weight is 440 g/mol. The highest BCUT2D eigenvalue weighted by Crippen LogP contribution is 2.37. The van der Waals surface area contributed by atoms with E-state index in [0.717, 1.165) is 40.8 Å². The van der Waals surface area contributed by atoms with Crippen LogP contribution in [0, 0.1) is 12.3 Å². The van der Waals surface area contributed by atoms with Gasteiger partial charge in [0.1, 0.15) is 5.75 Å². The molecule has 2 fully saturated rings. The third kappa shape index (κ3) is 4.12. The molecule has 2 heterocycles. The minimum absolute atomic E-state index is 0.0678. The Morgan fingerprint density at radius 2 is 1.59 bits per heavy atom. The van der Waals surface area contributed by atoms with Gasteiger partial charge >= 0.3 is 0 Å². The summed E-state index contributed by atoms with van der Waals surface area (Å²) in [7, 11) is 1.67. The maximum atomic E-state index is 13.8. The summed E-state index contributed by atoms with van der Waals surface area (Å²) >= 11 is 0. The van der Waals surface area contributed by atoms with Crippen LogP contribution in [0.3, 0.4) is 0 Å². The molecular formula is C26H37N3O3. The normalized spacial score (nSPS) is 18.3. The number of hydrogen-bond donors (Lipinski definition) is 0. The first kappa shape index (κ1) is 22.7. The number of amides is 2. The lowest BCUT2D eigenvalue weighted by atomic mass is 9.94. The zero-order valence-electron chi connectivity index (χ0n) is 20.2. The summed E-state index contributed by atoms with van der Waals surface area (Å²) < 4.78 is 7.89. The fourth-order valence-electron chi connectivity index (χ4n) is 5.37. The van der Waals surface area contributed by atoms with Crippen molar-refractivity contribution < 1.29 is 14.3 Å². The van der Waals surface area contributed by atoms with E-state index in [1.807, 2.05) is 42.7 Å². The molecule has 6 nitrogen and oxygen atoms in total. The van der Waals surface area contributed by atoms with Crippen LogP contribution in [0.1, 0.15) is 75.0 Å². The Hall–Kier alpha value is -2.50. The van der Waals surface area contributed by atoms with Crippen LogP contribution in [0.5, 0.6) is 5.75 Å². The van der Waals surface area contributed by atoms with E-state index in [1.165, 1.54) is 19.3 Å². The summed E-state index contributed by atoms with van der Waals surface area (Å²) in [5.74, 6) is 0.991. The number of fused-ring (bicyclic) bond motifs is 1. The topological polar surface area (TPSA) is 54.8 Å². The smallest absolute Gasteiger partial charge is 0.256 e. The van der Waals surface area contributed by atoms with Crippen LogP contribution >= 0.6 is 0 Å². The summed E-state index contributed by atoms with van der Waals surface area (Å²) in [4.78, 5) is 30.2. The Kier molecular flexibility index (Phi) is 6.24. The molecule has 2 aromatic rings. The number of ether oxygens (including phenoxy) is 1. The number of hydrogen-bond acceptors (Lipinski definition) is 3. The van der Waals surface area contributed by atoms with Gasteiger partial charge in [-0.25, -0.2) is 0 Å². The molecule has 0 bridgehead atoms. The SMILES string of the molecule is COc1ccc2c(c1)c(C(=O)N1CCN(C(=O)C(C)(C)C)CC1)c(C)n2C1CCCCC1. The third-order valence-electron chi connectivity index (χ3n) is 7.11. The van der Waals surface area contributed by atoms with Crippen molar-refractivity contribution in [1.82, 2.24) is 14.4 Å². The van der Waals surface area contributed by atoms with Crippen LogP contribution in [0.2, 0.25) is 0 Å². The highest BCUT2D eigenvalue weighted by atomic mass is 16.5. The molecule has 1 saturated carbocycles. The van der Waals surface area contributed by atoms with Crippen LogP contribution < -0.4 is 4.74 Å². The predicted molar refractivity (Wildman–Crippen MR) is 127 cm³/mol. The molecule has 4 rings (SSSR count). The molecule has 32 heavy (non-hydrogen) atoms. The molecule has 2 aliphatic rings. The largest absolute Gasteiger partial charge is 0.497 e. The van der Waals surface area contributed by atoms with E-state index in [1.54, 1.807) is 7.11 Å². The fourth-order valence-corrected chi connectivity index (χ4v) is 5.37. The molecule has 2 amide bonds. The van der Waals surface area contributed by atoms with Gasteiger partial charge < -0.3 is 19.1 Å². The molecule has 6 heteroatoms. The van der Waals surface area contributed by atoms with E-state index in [-0.39, 0.29) is 11.8 Å². The van der Waals surface area contributed by atoms with Gasteiger partial charge in [-0.3, -0.25) is 9.59 Å². The Morgan fingerprint density at radius 3 is 2.19 bits per heavy atom. The summed E-state index contributed by atoms with van der Waals surface area (Å²) in [6, 6.07) is 6.55. The first-order valence-corrected chi connectivity index (χ1v) is 12.0. The molecule has 0 atom stereocenters. The van der Waals surface area contributed by atoms with Crippen molar-refractivity contribution >= 4 is 22.7 Å².